The standard InChI is InChI=1S/C19H18N4O3S2/c1-2-8-23-15-6-4-3-5-14(15)21-19(23)28-12-17(25)26-11-16(24)22-18-13(10-20)7-9-27-18/h3-7,9H,2,8,11-12H2,1H3,(H,22,24). The van der Waals surface area contributed by atoms with Crippen molar-refractivity contribution in [3.8, 4) is 6.07 Å². The first-order chi connectivity index (χ1) is 13.6. The van der Waals surface area contributed by atoms with Gasteiger partial charge in [-0.15, -0.1) is 11.3 Å². The van der Waals surface area contributed by atoms with E-state index in [4.69, 9.17) is 10.00 Å². The third kappa shape index (κ3) is 4.71. The van der Waals surface area contributed by atoms with Crippen LogP contribution in [0.4, 0.5) is 5.00 Å². The molecular formula is C19H18N4O3S2. The summed E-state index contributed by atoms with van der Waals surface area (Å²) < 4.78 is 7.12. The van der Waals surface area contributed by atoms with Gasteiger partial charge in [0, 0.05) is 6.54 Å². The Balaban J connectivity index is 1.53. The molecule has 2 aromatic heterocycles. The summed E-state index contributed by atoms with van der Waals surface area (Å²) in [6.45, 7) is 2.50. The van der Waals surface area contributed by atoms with Gasteiger partial charge in [-0.1, -0.05) is 30.8 Å². The number of hydrogen-bond acceptors (Lipinski definition) is 7. The lowest BCUT2D eigenvalue weighted by molar-refractivity contribution is -0.144. The number of para-hydroxylation sites is 2. The SMILES string of the molecule is CCCn1c(SCC(=O)OCC(=O)Nc2sccc2C#N)nc2ccccc21. The number of fused-ring (bicyclic) bond motifs is 1. The normalized spacial score (nSPS) is 10.6. The molecule has 9 heteroatoms. The number of aryl methyl sites for hydroxylation is 1. The molecule has 0 unspecified atom stereocenters. The number of nitriles is 1. The van der Waals surface area contributed by atoms with Crippen LogP contribution in [0.5, 0.6) is 0 Å². The van der Waals surface area contributed by atoms with Crippen LogP contribution >= 0.6 is 23.1 Å². The van der Waals surface area contributed by atoms with Crippen LogP contribution in [0.25, 0.3) is 11.0 Å². The minimum Gasteiger partial charge on any atom is -0.455 e. The average Bonchev–Trinajstić information content (AvgIpc) is 3.29. The highest BCUT2D eigenvalue weighted by Crippen LogP contribution is 2.25. The van der Waals surface area contributed by atoms with Gasteiger partial charge in [-0.05, 0) is 30.0 Å². The predicted octanol–water partition coefficient (Wildman–Crippen LogP) is 3.65. The first-order valence-electron chi connectivity index (χ1n) is 8.63. The number of thioether (sulfide) groups is 1. The van der Waals surface area contributed by atoms with Crippen molar-refractivity contribution in [3.05, 3.63) is 41.3 Å². The Morgan fingerprint density at radius 2 is 2.18 bits per heavy atom. The lowest BCUT2D eigenvalue weighted by atomic mass is 10.3. The van der Waals surface area contributed by atoms with Gasteiger partial charge in [-0.25, -0.2) is 4.98 Å². The van der Waals surface area contributed by atoms with Gasteiger partial charge in [0.1, 0.15) is 11.1 Å². The number of carbonyl (C=O) groups excluding carboxylic acids is 2. The van der Waals surface area contributed by atoms with Gasteiger partial charge in [0.05, 0.1) is 22.3 Å². The lowest BCUT2D eigenvalue weighted by Crippen LogP contribution is -2.21. The maximum absolute atomic E-state index is 12.0. The van der Waals surface area contributed by atoms with Crippen molar-refractivity contribution in [2.24, 2.45) is 0 Å². The molecule has 28 heavy (non-hydrogen) atoms. The third-order valence-electron chi connectivity index (χ3n) is 3.79. The molecule has 3 aromatic rings. The van der Waals surface area contributed by atoms with Crippen LogP contribution in [0.15, 0.2) is 40.9 Å². The molecule has 0 aliphatic rings. The number of nitrogens with one attached hydrogen (secondary N) is 1. The molecule has 0 aliphatic carbocycles. The number of thiophene rings is 1. The van der Waals surface area contributed by atoms with Crippen LogP contribution in [0.1, 0.15) is 18.9 Å². The summed E-state index contributed by atoms with van der Waals surface area (Å²) in [6.07, 6.45) is 0.950. The van der Waals surface area contributed by atoms with E-state index >= 15 is 0 Å². The van der Waals surface area contributed by atoms with E-state index in [9.17, 15) is 9.59 Å². The van der Waals surface area contributed by atoms with E-state index in [1.807, 2.05) is 30.3 Å². The maximum atomic E-state index is 12.0. The van der Waals surface area contributed by atoms with Crippen LogP contribution < -0.4 is 5.32 Å². The molecule has 7 nitrogen and oxygen atoms in total. The van der Waals surface area contributed by atoms with E-state index in [-0.39, 0.29) is 5.75 Å². The summed E-state index contributed by atoms with van der Waals surface area (Å²) in [6, 6.07) is 11.4. The highest BCUT2D eigenvalue weighted by atomic mass is 32.2. The molecule has 2 heterocycles. The molecule has 3 rings (SSSR count). The van der Waals surface area contributed by atoms with E-state index in [0.29, 0.717) is 10.6 Å². The number of aromatic nitrogens is 2. The van der Waals surface area contributed by atoms with E-state index in [1.165, 1.54) is 23.1 Å². The predicted molar refractivity (Wildman–Crippen MR) is 109 cm³/mol. The summed E-state index contributed by atoms with van der Waals surface area (Å²) in [5, 5.41) is 14.4. The second kappa shape index (κ2) is 9.39. The van der Waals surface area contributed by atoms with Gasteiger partial charge >= 0.3 is 5.97 Å². The number of nitrogens with zero attached hydrogens (tertiary/aromatic N) is 3. The molecular weight excluding hydrogens is 396 g/mol. The number of amides is 1. The van der Waals surface area contributed by atoms with E-state index < -0.39 is 18.5 Å². The topological polar surface area (TPSA) is 97.0 Å². The first-order valence-corrected chi connectivity index (χ1v) is 10.5. The van der Waals surface area contributed by atoms with Crippen LogP contribution in [-0.2, 0) is 20.9 Å². The van der Waals surface area contributed by atoms with Crippen LogP contribution in [0.3, 0.4) is 0 Å². The number of esters is 1. The summed E-state index contributed by atoms with van der Waals surface area (Å²) in [7, 11) is 0. The Morgan fingerprint density at radius 1 is 1.36 bits per heavy atom. The highest BCUT2D eigenvalue weighted by Gasteiger charge is 2.15. The molecule has 0 aliphatic heterocycles. The number of rotatable bonds is 8. The Morgan fingerprint density at radius 3 is 2.96 bits per heavy atom. The van der Waals surface area contributed by atoms with Gasteiger partial charge < -0.3 is 14.6 Å². The molecule has 0 spiro atoms. The monoisotopic (exact) mass is 414 g/mol. The molecule has 144 valence electrons. The van der Waals surface area contributed by atoms with Gasteiger partial charge in [0.25, 0.3) is 5.91 Å². The quantitative estimate of drug-likeness (QED) is 0.446. The van der Waals surface area contributed by atoms with Gasteiger partial charge in [0.2, 0.25) is 0 Å². The molecule has 0 bridgehead atoms. The number of benzene rings is 1. The van der Waals surface area contributed by atoms with Crippen LogP contribution in [-0.4, -0.2) is 33.8 Å². The molecule has 1 aromatic carbocycles. The van der Waals surface area contributed by atoms with Crippen molar-refractivity contribution >= 4 is 51.0 Å². The zero-order valence-corrected chi connectivity index (χ0v) is 16.8. The highest BCUT2D eigenvalue weighted by molar-refractivity contribution is 7.99. The largest absolute Gasteiger partial charge is 0.455 e. The minimum atomic E-state index is -0.498. The number of hydrogen-bond donors (Lipinski definition) is 1. The lowest BCUT2D eigenvalue weighted by Gasteiger charge is -2.08. The Labute approximate surface area is 170 Å². The van der Waals surface area contributed by atoms with E-state index in [0.717, 1.165) is 29.2 Å². The summed E-state index contributed by atoms with van der Waals surface area (Å²) in [5.41, 5.74) is 2.30. The van der Waals surface area contributed by atoms with Gasteiger partial charge in [-0.3, -0.25) is 9.59 Å². The second-order valence-corrected chi connectivity index (χ2v) is 7.67. The summed E-state index contributed by atoms with van der Waals surface area (Å²) in [5.74, 6) is -0.916. The van der Waals surface area contributed by atoms with Gasteiger partial charge in [0.15, 0.2) is 11.8 Å². The zero-order chi connectivity index (χ0) is 19.9. The van der Waals surface area contributed by atoms with E-state index in [2.05, 4.69) is 21.8 Å². The Kier molecular flexibility index (Phi) is 6.68. The van der Waals surface area contributed by atoms with Crippen molar-refractivity contribution in [1.82, 2.24) is 9.55 Å². The molecule has 0 saturated carbocycles. The maximum Gasteiger partial charge on any atom is 0.316 e. The molecule has 1 amide bonds. The van der Waals surface area contributed by atoms with Gasteiger partial charge in [-0.2, -0.15) is 5.26 Å². The van der Waals surface area contributed by atoms with Crippen molar-refractivity contribution in [1.29, 1.82) is 5.26 Å². The number of ether oxygens (including phenoxy) is 1. The fraction of sp³-hybridized carbons (Fsp3) is 0.263. The third-order valence-corrected chi connectivity index (χ3v) is 5.57. The van der Waals surface area contributed by atoms with Crippen LogP contribution in [0, 0.1) is 11.3 Å². The fourth-order valence-electron chi connectivity index (χ4n) is 2.57. The number of carbonyl (C=O) groups is 2. The number of anilines is 1. The Hall–Kier alpha value is -2.83. The van der Waals surface area contributed by atoms with E-state index in [1.54, 1.807) is 11.4 Å². The van der Waals surface area contributed by atoms with Crippen LogP contribution in [0.2, 0.25) is 0 Å². The number of imidazole rings is 1. The van der Waals surface area contributed by atoms with Crippen molar-refractivity contribution < 1.29 is 14.3 Å². The molecule has 0 saturated heterocycles. The minimum absolute atomic E-state index is 0.0583. The fourth-order valence-corrected chi connectivity index (χ4v) is 4.16. The average molecular weight is 415 g/mol. The van der Waals surface area contributed by atoms with Crippen molar-refractivity contribution in [3.63, 3.8) is 0 Å². The first kappa shape index (κ1) is 19.9. The zero-order valence-electron chi connectivity index (χ0n) is 15.2. The van der Waals surface area contributed by atoms with Crippen molar-refractivity contribution in [2.75, 3.05) is 17.7 Å². The second-order valence-electron chi connectivity index (χ2n) is 5.81. The van der Waals surface area contributed by atoms with Crippen molar-refractivity contribution in [2.45, 2.75) is 25.0 Å². The Bertz CT molecular complexity index is 1040. The molecule has 1 N–H and O–H groups in total. The smallest absolute Gasteiger partial charge is 0.316 e. The molecule has 0 atom stereocenters. The molecule has 0 radical (unpaired) electrons. The summed E-state index contributed by atoms with van der Waals surface area (Å²) >= 11 is 2.53. The summed E-state index contributed by atoms with van der Waals surface area (Å²) in [4.78, 5) is 28.5. The molecule has 0 fully saturated rings.